The molecular weight excluding hydrogens is 344 g/mol. The van der Waals surface area contributed by atoms with Gasteiger partial charge in [-0.3, -0.25) is 0 Å². The first kappa shape index (κ1) is 14.7. The highest BCUT2D eigenvalue weighted by molar-refractivity contribution is 9.10. The summed E-state index contributed by atoms with van der Waals surface area (Å²) in [6.45, 7) is 1.85. The number of nitrogens with two attached hydrogens (primary N) is 1. The largest absolute Gasteiger partial charge is 0.456 e. The van der Waals surface area contributed by atoms with Gasteiger partial charge >= 0.3 is 0 Å². The second kappa shape index (κ2) is 6.15. The molecule has 104 valence electrons. The molecule has 0 spiro atoms. The van der Waals surface area contributed by atoms with E-state index in [1.807, 2.05) is 13.0 Å². The molecule has 0 unspecified atom stereocenters. The van der Waals surface area contributed by atoms with Gasteiger partial charge in [0, 0.05) is 10.0 Å². The number of aryl methyl sites for hydroxylation is 1. The Kier molecular flexibility index (Phi) is 4.52. The number of amidine groups is 1. The molecule has 3 N–H and O–H groups in total. The molecule has 0 saturated heterocycles. The molecule has 0 fully saturated rings. The number of hydrogen-bond donors (Lipinski definition) is 2. The molecule has 0 aromatic heterocycles. The van der Waals surface area contributed by atoms with Gasteiger partial charge < -0.3 is 15.7 Å². The van der Waals surface area contributed by atoms with E-state index in [-0.39, 0.29) is 5.84 Å². The summed E-state index contributed by atoms with van der Waals surface area (Å²) >= 11 is 9.43. The summed E-state index contributed by atoms with van der Waals surface area (Å²) < 4.78 is 6.60. The van der Waals surface area contributed by atoms with E-state index in [0.717, 1.165) is 10.0 Å². The Morgan fingerprint density at radius 1 is 1.30 bits per heavy atom. The minimum atomic E-state index is 0.0655. The van der Waals surface area contributed by atoms with Gasteiger partial charge in [0.05, 0.1) is 5.02 Å². The van der Waals surface area contributed by atoms with Crippen molar-refractivity contribution in [3.63, 3.8) is 0 Å². The van der Waals surface area contributed by atoms with E-state index in [0.29, 0.717) is 22.1 Å². The van der Waals surface area contributed by atoms with Crippen LogP contribution in [-0.2, 0) is 0 Å². The van der Waals surface area contributed by atoms with Gasteiger partial charge in [0.1, 0.15) is 11.5 Å². The Morgan fingerprint density at radius 2 is 2.05 bits per heavy atom. The third-order valence-corrected chi connectivity index (χ3v) is 3.49. The number of hydrogen-bond acceptors (Lipinski definition) is 3. The molecule has 0 bridgehead atoms. The Morgan fingerprint density at radius 3 is 2.65 bits per heavy atom. The van der Waals surface area contributed by atoms with Gasteiger partial charge in [-0.15, -0.1) is 0 Å². The fourth-order valence-electron chi connectivity index (χ4n) is 1.73. The second-order valence-electron chi connectivity index (χ2n) is 4.14. The molecule has 0 saturated carbocycles. The van der Waals surface area contributed by atoms with Crippen molar-refractivity contribution in [2.75, 3.05) is 0 Å². The van der Waals surface area contributed by atoms with E-state index in [9.17, 15) is 0 Å². The van der Waals surface area contributed by atoms with Crippen LogP contribution >= 0.6 is 27.5 Å². The highest BCUT2D eigenvalue weighted by atomic mass is 79.9. The van der Waals surface area contributed by atoms with Crippen LogP contribution in [0.15, 0.2) is 46.0 Å². The van der Waals surface area contributed by atoms with Crippen molar-refractivity contribution in [2.45, 2.75) is 6.92 Å². The Balaban J connectivity index is 2.29. The molecule has 2 aromatic rings. The summed E-state index contributed by atoms with van der Waals surface area (Å²) in [5.74, 6) is 1.25. The molecule has 0 amide bonds. The van der Waals surface area contributed by atoms with Crippen molar-refractivity contribution >= 4 is 33.4 Å². The van der Waals surface area contributed by atoms with Crippen LogP contribution in [0.4, 0.5) is 0 Å². The quantitative estimate of drug-likeness (QED) is 0.373. The van der Waals surface area contributed by atoms with Gasteiger partial charge in [-0.2, -0.15) is 0 Å². The van der Waals surface area contributed by atoms with E-state index in [1.54, 1.807) is 30.3 Å². The zero-order chi connectivity index (χ0) is 14.7. The third-order valence-electron chi connectivity index (χ3n) is 2.70. The summed E-state index contributed by atoms with van der Waals surface area (Å²) in [6.07, 6.45) is 0. The van der Waals surface area contributed by atoms with Crippen LogP contribution in [0.25, 0.3) is 0 Å². The van der Waals surface area contributed by atoms with E-state index in [4.69, 9.17) is 27.3 Å². The predicted molar refractivity (Wildman–Crippen MR) is 82.9 cm³/mol. The molecule has 0 heterocycles. The average Bonchev–Trinajstić information content (AvgIpc) is 2.41. The summed E-state index contributed by atoms with van der Waals surface area (Å²) in [5, 5.41) is 12.2. The van der Waals surface area contributed by atoms with Crippen LogP contribution in [0.3, 0.4) is 0 Å². The van der Waals surface area contributed by atoms with Crippen LogP contribution in [-0.4, -0.2) is 11.0 Å². The summed E-state index contributed by atoms with van der Waals surface area (Å²) in [4.78, 5) is 0. The van der Waals surface area contributed by atoms with Crippen molar-refractivity contribution in [1.29, 1.82) is 0 Å². The number of oxime groups is 1. The molecule has 0 radical (unpaired) electrons. The van der Waals surface area contributed by atoms with Crippen LogP contribution in [0.2, 0.25) is 5.02 Å². The van der Waals surface area contributed by atoms with Crippen LogP contribution in [0, 0.1) is 6.92 Å². The lowest BCUT2D eigenvalue weighted by Gasteiger charge is -2.10. The third kappa shape index (κ3) is 3.23. The van der Waals surface area contributed by atoms with Gasteiger partial charge in [-0.05, 0) is 48.9 Å². The average molecular weight is 356 g/mol. The summed E-state index contributed by atoms with van der Waals surface area (Å²) in [5.41, 5.74) is 7.06. The predicted octanol–water partition coefficient (Wildman–Crippen LogP) is 4.30. The molecule has 6 heteroatoms. The fraction of sp³-hybridized carbons (Fsp3) is 0.0714. The van der Waals surface area contributed by atoms with E-state index >= 15 is 0 Å². The van der Waals surface area contributed by atoms with E-state index < -0.39 is 0 Å². The normalized spacial score (nSPS) is 11.4. The fourth-order valence-corrected chi connectivity index (χ4v) is 2.44. The summed E-state index contributed by atoms with van der Waals surface area (Å²) in [7, 11) is 0. The first-order valence-corrected chi connectivity index (χ1v) is 6.90. The molecular formula is C14H12BrClN2O2. The van der Waals surface area contributed by atoms with Gasteiger partial charge in [-0.25, -0.2) is 0 Å². The van der Waals surface area contributed by atoms with E-state index in [2.05, 4.69) is 21.1 Å². The molecule has 2 aromatic carbocycles. The van der Waals surface area contributed by atoms with Crippen LogP contribution in [0.1, 0.15) is 11.1 Å². The van der Waals surface area contributed by atoms with Gasteiger partial charge in [0.2, 0.25) is 0 Å². The molecule has 0 atom stereocenters. The number of ether oxygens (including phenoxy) is 1. The highest BCUT2D eigenvalue weighted by Gasteiger charge is 2.08. The second-order valence-corrected chi connectivity index (χ2v) is 5.46. The Hall–Kier alpha value is -1.72. The SMILES string of the molecule is Cc1cc(Oc2ccc(Br)cc2Cl)ccc1/C(N)=N/O. The zero-order valence-corrected chi connectivity index (χ0v) is 12.9. The maximum atomic E-state index is 8.69. The first-order valence-electron chi connectivity index (χ1n) is 5.72. The van der Waals surface area contributed by atoms with Crippen LogP contribution in [0.5, 0.6) is 11.5 Å². The van der Waals surface area contributed by atoms with E-state index in [1.165, 1.54) is 0 Å². The maximum absolute atomic E-state index is 8.69. The van der Waals surface area contributed by atoms with Crippen molar-refractivity contribution in [3.8, 4) is 11.5 Å². The molecule has 0 aliphatic carbocycles. The van der Waals surface area contributed by atoms with Crippen molar-refractivity contribution < 1.29 is 9.94 Å². The first-order chi connectivity index (χ1) is 9.51. The zero-order valence-electron chi connectivity index (χ0n) is 10.6. The molecule has 2 rings (SSSR count). The van der Waals surface area contributed by atoms with Crippen molar-refractivity contribution in [1.82, 2.24) is 0 Å². The smallest absolute Gasteiger partial charge is 0.170 e. The van der Waals surface area contributed by atoms with Gasteiger partial charge in [-0.1, -0.05) is 32.7 Å². The number of halogens is 2. The lowest BCUT2D eigenvalue weighted by Crippen LogP contribution is -2.14. The Bertz CT molecular complexity index is 674. The molecule has 20 heavy (non-hydrogen) atoms. The number of rotatable bonds is 3. The Labute approximate surface area is 129 Å². The summed E-state index contributed by atoms with van der Waals surface area (Å²) in [6, 6.07) is 10.6. The van der Waals surface area contributed by atoms with Gasteiger partial charge in [0.15, 0.2) is 5.84 Å². The van der Waals surface area contributed by atoms with Crippen molar-refractivity contribution in [3.05, 3.63) is 57.0 Å². The molecule has 0 aliphatic rings. The maximum Gasteiger partial charge on any atom is 0.170 e. The minimum absolute atomic E-state index is 0.0655. The molecule has 4 nitrogen and oxygen atoms in total. The standard InChI is InChI=1S/C14H12BrClN2O2/c1-8-6-10(3-4-11(8)14(17)18-19)20-13-5-2-9(15)7-12(13)16/h2-7,19H,1H3,(H2,17,18). The van der Waals surface area contributed by atoms with Crippen LogP contribution < -0.4 is 10.5 Å². The lowest BCUT2D eigenvalue weighted by molar-refractivity contribution is 0.318. The molecule has 0 aliphatic heterocycles. The monoisotopic (exact) mass is 354 g/mol. The number of nitrogens with zero attached hydrogens (tertiary/aromatic N) is 1. The van der Waals surface area contributed by atoms with Gasteiger partial charge in [0.25, 0.3) is 0 Å². The topological polar surface area (TPSA) is 67.8 Å². The highest BCUT2D eigenvalue weighted by Crippen LogP contribution is 2.32. The van der Waals surface area contributed by atoms with Crippen molar-refractivity contribution in [2.24, 2.45) is 10.9 Å². The minimum Gasteiger partial charge on any atom is -0.456 e. The number of benzene rings is 2. The lowest BCUT2D eigenvalue weighted by atomic mass is 10.1.